The second kappa shape index (κ2) is 6.99. The lowest BCUT2D eigenvalue weighted by Gasteiger charge is -1.99. The van der Waals surface area contributed by atoms with E-state index in [1.165, 1.54) is 0 Å². The molecule has 1 aromatic heterocycles. The van der Waals surface area contributed by atoms with E-state index in [1.807, 2.05) is 43.3 Å². The number of aryl methyl sites for hydroxylation is 1. The topological polar surface area (TPSA) is 54.4 Å². The van der Waals surface area contributed by atoms with Crippen LogP contribution in [0.15, 0.2) is 59.8 Å². The van der Waals surface area contributed by atoms with E-state index < -0.39 is 0 Å². The van der Waals surface area contributed by atoms with Gasteiger partial charge in [0.15, 0.2) is 0 Å². The number of amides is 1. The van der Waals surface area contributed by atoms with Crippen LogP contribution in [0.3, 0.4) is 0 Å². The van der Waals surface area contributed by atoms with Crippen molar-refractivity contribution in [3.05, 3.63) is 71.6 Å². The number of benzene rings is 1. The molecule has 0 aliphatic rings. The van der Waals surface area contributed by atoms with Crippen LogP contribution in [0.1, 0.15) is 21.6 Å². The van der Waals surface area contributed by atoms with E-state index in [0.29, 0.717) is 5.56 Å². The van der Waals surface area contributed by atoms with Gasteiger partial charge in [0.25, 0.3) is 5.91 Å². The van der Waals surface area contributed by atoms with Crippen molar-refractivity contribution in [3.63, 3.8) is 0 Å². The van der Waals surface area contributed by atoms with E-state index in [-0.39, 0.29) is 5.91 Å². The summed E-state index contributed by atoms with van der Waals surface area (Å²) < 4.78 is 0. The number of rotatable bonds is 4. The number of nitrogens with one attached hydrogen (secondary N) is 1. The van der Waals surface area contributed by atoms with Gasteiger partial charge in [-0.1, -0.05) is 36.4 Å². The zero-order valence-electron chi connectivity index (χ0n) is 11.2. The average Bonchev–Trinajstić information content (AvgIpc) is 2.48. The van der Waals surface area contributed by atoms with Crippen molar-refractivity contribution in [1.29, 1.82) is 0 Å². The first-order chi connectivity index (χ1) is 9.75. The van der Waals surface area contributed by atoms with E-state index in [4.69, 9.17) is 0 Å². The van der Waals surface area contributed by atoms with Gasteiger partial charge in [0, 0.05) is 23.7 Å². The van der Waals surface area contributed by atoms with Crippen LogP contribution in [0.25, 0.3) is 6.08 Å². The molecule has 4 nitrogen and oxygen atoms in total. The summed E-state index contributed by atoms with van der Waals surface area (Å²) in [6.45, 7) is 1.84. The summed E-state index contributed by atoms with van der Waals surface area (Å²) >= 11 is 0. The lowest BCUT2D eigenvalue weighted by Crippen LogP contribution is -2.17. The molecule has 100 valence electrons. The van der Waals surface area contributed by atoms with Crippen LogP contribution in [0, 0.1) is 6.92 Å². The largest absolute Gasteiger partial charge is 0.271 e. The van der Waals surface area contributed by atoms with Gasteiger partial charge in [-0.2, -0.15) is 5.10 Å². The monoisotopic (exact) mass is 265 g/mol. The minimum atomic E-state index is -0.250. The molecule has 0 saturated carbocycles. The molecule has 1 aromatic carbocycles. The minimum absolute atomic E-state index is 0.250. The van der Waals surface area contributed by atoms with Crippen molar-refractivity contribution in [2.24, 2.45) is 5.10 Å². The third kappa shape index (κ3) is 4.17. The molecule has 1 heterocycles. The molecule has 0 radical (unpaired) electrons. The number of allylic oxidation sites excluding steroid dienone is 1. The smallest absolute Gasteiger partial charge is 0.267 e. The summed E-state index contributed by atoms with van der Waals surface area (Å²) in [5.41, 5.74) is 4.88. The Morgan fingerprint density at radius 3 is 2.80 bits per heavy atom. The lowest BCUT2D eigenvalue weighted by atomic mass is 10.2. The second-order valence-electron chi connectivity index (χ2n) is 4.17. The fraction of sp³-hybridized carbons (Fsp3) is 0.0625. The van der Waals surface area contributed by atoms with Crippen molar-refractivity contribution < 1.29 is 4.79 Å². The Morgan fingerprint density at radius 2 is 2.05 bits per heavy atom. The average molecular weight is 265 g/mol. The zero-order valence-corrected chi connectivity index (χ0v) is 11.2. The molecule has 0 aliphatic heterocycles. The minimum Gasteiger partial charge on any atom is -0.267 e. The first-order valence-corrected chi connectivity index (χ1v) is 6.23. The maximum atomic E-state index is 11.8. The molecule has 1 amide bonds. The number of nitrogens with zero attached hydrogens (tertiary/aromatic N) is 2. The van der Waals surface area contributed by atoms with E-state index in [1.54, 1.807) is 30.6 Å². The molecule has 20 heavy (non-hydrogen) atoms. The van der Waals surface area contributed by atoms with Crippen LogP contribution < -0.4 is 5.43 Å². The summed E-state index contributed by atoms with van der Waals surface area (Å²) in [6, 6.07) is 13.2. The van der Waals surface area contributed by atoms with Gasteiger partial charge < -0.3 is 0 Å². The predicted molar refractivity (Wildman–Crippen MR) is 80.4 cm³/mol. The van der Waals surface area contributed by atoms with Gasteiger partial charge >= 0.3 is 0 Å². The Morgan fingerprint density at radius 1 is 1.25 bits per heavy atom. The van der Waals surface area contributed by atoms with E-state index in [9.17, 15) is 4.79 Å². The van der Waals surface area contributed by atoms with Gasteiger partial charge in [0.05, 0.1) is 0 Å². The summed E-state index contributed by atoms with van der Waals surface area (Å²) in [7, 11) is 0. The number of aromatic nitrogens is 1. The van der Waals surface area contributed by atoms with E-state index >= 15 is 0 Å². The molecule has 0 bridgehead atoms. The molecule has 0 saturated heterocycles. The molecular weight excluding hydrogens is 250 g/mol. The summed E-state index contributed by atoms with van der Waals surface area (Å²) in [6.07, 6.45) is 6.82. The van der Waals surface area contributed by atoms with Crippen molar-refractivity contribution in [3.8, 4) is 0 Å². The molecule has 0 atom stereocenters. The molecule has 0 fully saturated rings. The fourth-order valence-corrected chi connectivity index (χ4v) is 1.61. The molecule has 0 aliphatic carbocycles. The number of hydrogen-bond donors (Lipinski definition) is 1. The third-order valence-corrected chi connectivity index (χ3v) is 2.57. The quantitative estimate of drug-likeness (QED) is 0.682. The second-order valence-corrected chi connectivity index (χ2v) is 4.17. The van der Waals surface area contributed by atoms with Crippen LogP contribution in [-0.4, -0.2) is 17.1 Å². The predicted octanol–water partition coefficient (Wildman–Crippen LogP) is 2.82. The van der Waals surface area contributed by atoms with Gasteiger partial charge in [-0.3, -0.25) is 9.78 Å². The van der Waals surface area contributed by atoms with Gasteiger partial charge in [0.1, 0.15) is 0 Å². The molecule has 0 unspecified atom stereocenters. The number of carbonyl (C=O) groups excluding carboxylic acids is 1. The van der Waals surface area contributed by atoms with Gasteiger partial charge in [-0.05, 0) is 30.7 Å². The highest BCUT2D eigenvalue weighted by Crippen LogP contribution is 2.01. The Bertz CT molecular complexity index is 633. The van der Waals surface area contributed by atoms with Crippen LogP contribution in [-0.2, 0) is 0 Å². The first kappa shape index (κ1) is 13.7. The van der Waals surface area contributed by atoms with Gasteiger partial charge in [-0.15, -0.1) is 0 Å². The highest BCUT2D eigenvalue weighted by Gasteiger charge is 2.03. The van der Waals surface area contributed by atoms with Gasteiger partial charge in [0.2, 0.25) is 0 Å². The van der Waals surface area contributed by atoms with E-state index in [0.717, 1.165) is 11.3 Å². The molecule has 4 heteroatoms. The highest BCUT2D eigenvalue weighted by molar-refractivity contribution is 5.94. The molecular formula is C16H15N3O. The van der Waals surface area contributed by atoms with Crippen LogP contribution >= 0.6 is 0 Å². The zero-order chi connectivity index (χ0) is 14.2. The summed E-state index contributed by atoms with van der Waals surface area (Å²) in [5.74, 6) is -0.250. The maximum absolute atomic E-state index is 11.8. The third-order valence-electron chi connectivity index (χ3n) is 2.57. The highest BCUT2D eigenvalue weighted by atomic mass is 16.2. The Kier molecular flexibility index (Phi) is 4.78. The van der Waals surface area contributed by atoms with Crippen LogP contribution in [0.2, 0.25) is 0 Å². The molecule has 2 rings (SSSR count). The maximum Gasteiger partial charge on any atom is 0.271 e. The fourth-order valence-electron chi connectivity index (χ4n) is 1.61. The molecule has 2 aromatic rings. The lowest BCUT2D eigenvalue weighted by molar-refractivity contribution is 0.0955. The van der Waals surface area contributed by atoms with Gasteiger partial charge in [-0.25, -0.2) is 5.43 Å². The number of carbonyl (C=O) groups is 1. The van der Waals surface area contributed by atoms with Crippen molar-refractivity contribution in [2.75, 3.05) is 0 Å². The Balaban J connectivity index is 1.87. The number of hydrazone groups is 1. The van der Waals surface area contributed by atoms with Crippen molar-refractivity contribution in [2.45, 2.75) is 6.92 Å². The van der Waals surface area contributed by atoms with Crippen LogP contribution in [0.5, 0.6) is 0 Å². The van der Waals surface area contributed by atoms with Crippen molar-refractivity contribution in [1.82, 2.24) is 10.4 Å². The molecule has 0 spiro atoms. The standard InChI is InChI=1S/C16H15N3O/c1-13-12-15(9-11-17-13)16(20)19-18-10-5-8-14-6-3-2-4-7-14/h2-12H,1H3,(H,19,20)/b8-5+,18-10+. The Labute approximate surface area is 117 Å². The first-order valence-electron chi connectivity index (χ1n) is 6.23. The Hall–Kier alpha value is -2.75. The molecule has 1 N–H and O–H groups in total. The number of pyridine rings is 1. The van der Waals surface area contributed by atoms with Crippen LogP contribution in [0.4, 0.5) is 0 Å². The SMILES string of the molecule is Cc1cc(C(=O)N/N=C/C=C/c2ccccc2)ccn1. The summed E-state index contributed by atoms with van der Waals surface area (Å²) in [5, 5.41) is 3.86. The normalized spacial score (nSPS) is 11.1. The van der Waals surface area contributed by atoms with E-state index in [2.05, 4.69) is 15.5 Å². The summed E-state index contributed by atoms with van der Waals surface area (Å²) in [4.78, 5) is 15.8. The number of hydrogen-bond acceptors (Lipinski definition) is 3. The van der Waals surface area contributed by atoms with Crippen molar-refractivity contribution >= 4 is 18.2 Å².